The number of halogens is 1. The molecule has 2 aromatic carbocycles. The quantitative estimate of drug-likeness (QED) is 0.490. The molecule has 1 unspecified atom stereocenters. The highest BCUT2D eigenvalue weighted by Gasteiger charge is 2.33. The Morgan fingerprint density at radius 2 is 1.79 bits per heavy atom. The first-order valence-electron chi connectivity index (χ1n) is 11.2. The second-order valence-electron chi connectivity index (χ2n) is 9.57. The maximum atomic E-state index is 13.3. The second kappa shape index (κ2) is 10.3. The van der Waals surface area contributed by atoms with Crippen molar-refractivity contribution in [3.05, 3.63) is 76.3 Å². The van der Waals surface area contributed by atoms with Crippen LogP contribution in [0.5, 0.6) is 0 Å². The van der Waals surface area contributed by atoms with Crippen LogP contribution >= 0.6 is 11.6 Å². The molecule has 1 atom stereocenters. The average Bonchev–Trinajstić information content (AvgIpc) is 2.72. The molecule has 0 spiro atoms. The van der Waals surface area contributed by atoms with Crippen molar-refractivity contribution in [3.63, 3.8) is 0 Å². The summed E-state index contributed by atoms with van der Waals surface area (Å²) in [5, 5.41) is 0.394. The molecule has 0 aliphatic heterocycles. The lowest BCUT2D eigenvalue weighted by molar-refractivity contribution is -0.115. The van der Waals surface area contributed by atoms with Crippen molar-refractivity contribution in [1.29, 1.82) is 0 Å². The number of allylic oxidation sites excluding steroid dienone is 2. The molecule has 0 N–H and O–H groups in total. The molecule has 3 rings (SSSR count). The Morgan fingerprint density at radius 1 is 1.12 bits per heavy atom. The van der Waals surface area contributed by atoms with Crippen LogP contribution in [0, 0.1) is 0 Å². The Bertz CT molecular complexity index is 1200. The number of hydrogen-bond acceptors (Lipinski definition) is 5. The third-order valence-electron chi connectivity index (χ3n) is 5.45. The zero-order valence-corrected chi connectivity index (χ0v) is 21.4. The number of amides is 1. The van der Waals surface area contributed by atoms with E-state index >= 15 is 0 Å². The molecule has 0 bridgehead atoms. The number of ether oxygens (including phenoxy) is 1. The molecule has 1 aliphatic rings. The molecule has 0 aromatic heterocycles. The number of benzene rings is 2. The molecule has 6 nitrogen and oxygen atoms in total. The lowest BCUT2D eigenvalue weighted by Gasteiger charge is -2.27. The van der Waals surface area contributed by atoms with E-state index in [-0.39, 0.29) is 23.1 Å². The van der Waals surface area contributed by atoms with Gasteiger partial charge in [-0.05, 0) is 87.9 Å². The van der Waals surface area contributed by atoms with Gasteiger partial charge in [0, 0.05) is 18.0 Å². The summed E-state index contributed by atoms with van der Waals surface area (Å²) in [5.41, 5.74) is 2.10. The van der Waals surface area contributed by atoms with Crippen LogP contribution < -0.4 is 0 Å². The molecule has 182 valence electrons. The van der Waals surface area contributed by atoms with Gasteiger partial charge in [-0.25, -0.2) is 17.5 Å². The highest BCUT2D eigenvalue weighted by atomic mass is 35.5. The van der Waals surface area contributed by atoms with Gasteiger partial charge in [0.2, 0.25) is 0 Å². The second-order valence-corrected chi connectivity index (χ2v) is 11.9. The molecule has 0 saturated carbocycles. The highest BCUT2D eigenvalue weighted by Crippen LogP contribution is 2.32. The molecule has 0 saturated heterocycles. The van der Waals surface area contributed by atoms with Crippen LogP contribution in [-0.4, -0.2) is 36.7 Å². The summed E-state index contributed by atoms with van der Waals surface area (Å²) in [6, 6.07) is 13.4. The largest absolute Gasteiger partial charge is 0.443 e. The predicted molar refractivity (Wildman–Crippen MR) is 132 cm³/mol. The van der Waals surface area contributed by atoms with E-state index in [0.29, 0.717) is 17.9 Å². The fraction of sp³-hybridized carbons (Fsp3) is 0.385. The van der Waals surface area contributed by atoms with E-state index < -0.39 is 21.7 Å². The van der Waals surface area contributed by atoms with E-state index in [2.05, 4.69) is 0 Å². The Hall–Kier alpha value is -2.64. The van der Waals surface area contributed by atoms with Gasteiger partial charge in [0.25, 0.3) is 10.0 Å². The maximum absolute atomic E-state index is 13.3. The van der Waals surface area contributed by atoms with E-state index in [4.69, 9.17) is 16.3 Å². The molecule has 34 heavy (non-hydrogen) atoms. The Morgan fingerprint density at radius 3 is 2.41 bits per heavy atom. The van der Waals surface area contributed by atoms with E-state index in [0.717, 1.165) is 27.4 Å². The number of hydrogen-bond donors (Lipinski definition) is 0. The Labute approximate surface area is 206 Å². The molecule has 1 amide bonds. The maximum Gasteiger partial charge on any atom is 0.424 e. The number of rotatable bonds is 6. The molecule has 0 radical (unpaired) electrons. The fourth-order valence-corrected chi connectivity index (χ4v) is 5.35. The van der Waals surface area contributed by atoms with E-state index in [1.165, 1.54) is 24.3 Å². The summed E-state index contributed by atoms with van der Waals surface area (Å²) >= 11 is 5.90. The minimum Gasteiger partial charge on any atom is -0.443 e. The normalized spacial score (nSPS) is 16.7. The molecule has 0 fully saturated rings. The van der Waals surface area contributed by atoms with Gasteiger partial charge < -0.3 is 4.74 Å². The van der Waals surface area contributed by atoms with E-state index in [1.54, 1.807) is 26.8 Å². The third-order valence-corrected chi connectivity index (χ3v) is 7.48. The predicted octanol–water partition coefficient (Wildman–Crippen LogP) is 5.90. The van der Waals surface area contributed by atoms with Crippen LogP contribution in [0.25, 0.3) is 0 Å². The summed E-state index contributed by atoms with van der Waals surface area (Å²) in [7, 11) is -4.16. The van der Waals surface area contributed by atoms with Crippen molar-refractivity contribution < 1.29 is 22.7 Å². The molecular formula is C26H30ClNO5S. The SMILES string of the molecule is CC1=CC(=O)CC(c2cccc(CCN(C(=O)OC(C)(C)C)S(=O)(=O)c3ccc(Cl)cc3)c2)C1. The van der Waals surface area contributed by atoms with Crippen LogP contribution in [0.1, 0.15) is 57.6 Å². The summed E-state index contributed by atoms with van der Waals surface area (Å²) in [5.74, 6) is 0.210. The molecule has 0 heterocycles. The van der Waals surface area contributed by atoms with Crippen LogP contribution in [0.2, 0.25) is 5.02 Å². The number of ketones is 1. The summed E-state index contributed by atoms with van der Waals surface area (Å²) in [6.07, 6.45) is 2.33. The number of nitrogens with zero attached hydrogens (tertiary/aromatic N) is 1. The molecule has 8 heteroatoms. The van der Waals surface area contributed by atoms with Crippen LogP contribution in [-0.2, 0) is 26.0 Å². The van der Waals surface area contributed by atoms with Gasteiger partial charge in [-0.15, -0.1) is 0 Å². The molecule has 1 aliphatic carbocycles. The molecule has 2 aromatic rings. The first kappa shape index (κ1) is 26.0. The fourth-order valence-electron chi connectivity index (χ4n) is 3.92. The van der Waals surface area contributed by atoms with Gasteiger partial charge in [-0.2, -0.15) is 0 Å². The van der Waals surface area contributed by atoms with Crippen LogP contribution in [0.3, 0.4) is 0 Å². The average molecular weight is 504 g/mol. The third kappa shape index (κ3) is 6.70. The lowest BCUT2D eigenvalue weighted by atomic mass is 9.83. The standard InChI is InChI=1S/C26H30ClNO5S/c1-18-14-21(17-23(29)15-18)20-7-5-6-19(16-20)12-13-28(25(30)33-26(2,3)4)34(31,32)24-10-8-22(27)9-11-24/h5-11,15-16,21H,12-14,17H2,1-4H3. The van der Waals surface area contributed by atoms with Crippen molar-refractivity contribution in [1.82, 2.24) is 4.31 Å². The zero-order valence-electron chi connectivity index (χ0n) is 19.9. The van der Waals surface area contributed by atoms with Gasteiger partial charge in [0.15, 0.2) is 5.78 Å². The van der Waals surface area contributed by atoms with Gasteiger partial charge in [0.1, 0.15) is 5.60 Å². The summed E-state index contributed by atoms with van der Waals surface area (Å²) in [6.45, 7) is 6.91. The summed E-state index contributed by atoms with van der Waals surface area (Å²) in [4.78, 5) is 24.9. The number of sulfonamides is 1. The van der Waals surface area contributed by atoms with E-state index in [9.17, 15) is 18.0 Å². The topological polar surface area (TPSA) is 80.8 Å². The Kier molecular flexibility index (Phi) is 7.88. The van der Waals surface area contributed by atoms with Gasteiger partial charge in [-0.1, -0.05) is 41.4 Å². The summed E-state index contributed by atoms with van der Waals surface area (Å²) < 4.78 is 32.8. The number of carbonyl (C=O) groups is 2. The minimum atomic E-state index is -4.16. The van der Waals surface area contributed by atoms with Crippen molar-refractivity contribution in [2.45, 2.75) is 63.4 Å². The molecular weight excluding hydrogens is 474 g/mol. The first-order valence-corrected chi connectivity index (χ1v) is 13.0. The van der Waals surface area contributed by atoms with Crippen molar-refractivity contribution in [2.24, 2.45) is 0 Å². The minimum absolute atomic E-state index is 0.0421. The van der Waals surface area contributed by atoms with Crippen LogP contribution in [0.4, 0.5) is 4.79 Å². The van der Waals surface area contributed by atoms with Gasteiger partial charge in [0.05, 0.1) is 4.90 Å². The highest BCUT2D eigenvalue weighted by molar-refractivity contribution is 7.89. The lowest BCUT2D eigenvalue weighted by Crippen LogP contribution is -2.42. The monoisotopic (exact) mass is 503 g/mol. The Balaban J connectivity index is 1.85. The zero-order chi connectivity index (χ0) is 25.1. The first-order chi connectivity index (χ1) is 15.8. The van der Waals surface area contributed by atoms with Crippen molar-refractivity contribution >= 4 is 33.5 Å². The van der Waals surface area contributed by atoms with Gasteiger partial charge in [-0.3, -0.25) is 4.79 Å². The van der Waals surface area contributed by atoms with Crippen molar-refractivity contribution in [2.75, 3.05) is 6.54 Å². The smallest absolute Gasteiger partial charge is 0.424 e. The van der Waals surface area contributed by atoms with E-state index in [1.807, 2.05) is 31.2 Å². The van der Waals surface area contributed by atoms with Crippen molar-refractivity contribution in [3.8, 4) is 0 Å². The van der Waals surface area contributed by atoms with Crippen LogP contribution in [0.15, 0.2) is 65.1 Å². The van der Waals surface area contributed by atoms with Gasteiger partial charge >= 0.3 is 6.09 Å². The number of carbonyl (C=O) groups excluding carboxylic acids is 2.